The van der Waals surface area contributed by atoms with Crippen molar-refractivity contribution in [3.8, 4) is 0 Å². The van der Waals surface area contributed by atoms with Crippen LogP contribution in [0.3, 0.4) is 0 Å². The first-order valence-electron chi connectivity index (χ1n) is 8.89. The molecule has 1 saturated heterocycles. The van der Waals surface area contributed by atoms with Crippen molar-refractivity contribution < 1.29 is 9.53 Å². The lowest BCUT2D eigenvalue weighted by molar-refractivity contribution is 0.0398. The van der Waals surface area contributed by atoms with E-state index in [0.29, 0.717) is 18.2 Å². The molecule has 0 spiro atoms. The fourth-order valence-corrected chi connectivity index (χ4v) is 2.84. The van der Waals surface area contributed by atoms with Crippen molar-refractivity contribution >= 4 is 11.9 Å². The minimum absolute atomic E-state index is 0.118. The van der Waals surface area contributed by atoms with E-state index in [0.717, 1.165) is 45.0 Å². The zero-order chi connectivity index (χ0) is 18.2. The minimum atomic E-state index is -0.118. The molecule has 0 atom stereocenters. The van der Waals surface area contributed by atoms with Crippen LogP contribution in [0.4, 0.5) is 5.95 Å². The van der Waals surface area contributed by atoms with E-state index in [2.05, 4.69) is 20.2 Å². The van der Waals surface area contributed by atoms with Gasteiger partial charge in [-0.1, -0.05) is 30.3 Å². The van der Waals surface area contributed by atoms with Gasteiger partial charge in [0, 0.05) is 46.0 Å². The molecular weight excluding hydrogens is 330 g/mol. The van der Waals surface area contributed by atoms with Crippen LogP contribution in [-0.2, 0) is 11.3 Å². The first-order chi connectivity index (χ1) is 12.7. The number of ether oxygens (including phenoxy) is 1. The molecule has 0 saturated carbocycles. The summed E-state index contributed by atoms with van der Waals surface area (Å²) in [6, 6.07) is 11.6. The maximum atomic E-state index is 12.6. The highest BCUT2D eigenvalue weighted by atomic mass is 16.5. The number of hydrogen-bond acceptors (Lipinski definition) is 6. The standard InChI is InChI=1S/C19H25N5O2/c1-23(15-16-5-3-2-4-6-16)18(25)17-7-8-20-19(22-17)21-9-10-24-11-13-26-14-12-24/h2-8H,9-15H2,1H3,(H,20,21,22). The average molecular weight is 355 g/mol. The van der Waals surface area contributed by atoms with Gasteiger partial charge < -0.3 is 15.0 Å². The van der Waals surface area contributed by atoms with E-state index in [1.54, 1.807) is 24.2 Å². The highest BCUT2D eigenvalue weighted by Crippen LogP contribution is 2.08. The number of rotatable bonds is 7. The summed E-state index contributed by atoms with van der Waals surface area (Å²) in [5, 5.41) is 3.20. The highest BCUT2D eigenvalue weighted by Gasteiger charge is 2.15. The normalized spacial score (nSPS) is 14.8. The second kappa shape index (κ2) is 9.26. The summed E-state index contributed by atoms with van der Waals surface area (Å²) in [7, 11) is 1.78. The third kappa shape index (κ3) is 5.24. The number of aromatic nitrogens is 2. The predicted octanol–water partition coefficient (Wildman–Crippen LogP) is 1.49. The Bertz CT molecular complexity index is 704. The minimum Gasteiger partial charge on any atom is -0.379 e. The molecule has 2 heterocycles. The molecule has 2 aromatic rings. The van der Waals surface area contributed by atoms with E-state index in [1.165, 1.54) is 0 Å². The Kier molecular flexibility index (Phi) is 6.51. The van der Waals surface area contributed by atoms with Crippen LogP contribution in [-0.4, -0.2) is 72.1 Å². The van der Waals surface area contributed by atoms with Crippen LogP contribution in [0.5, 0.6) is 0 Å². The molecule has 26 heavy (non-hydrogen) atoms. The lowest BCUT2D eigenvalue weighted by atomic mass is 10.2. The number of amides is 1. The zero-order valence-electron chi connectivity index (χ0n) is 15.1. The van der Waals surface area contributed by atoms with Crippen LogP contribution in [0.2, 0.25) is 0 Å². The average Bonchev–Trinajstić information content (AvgIpc) is 2.69. The van der Waals surface area contributed by atoms with Gasteiger partial charge in [0.15, 0.2) is 0 Å². The van der Waals surface area contributed by atoms with Gasteiger partial charge in [0.1, 0.15) is 5.69 Å². The van der Waals surface area contributed by atoms with E-state index < -0.39 is 0 Å². The Balaban J connectivity index is 1.53. The monoisotopic (exact) mass is 355 g/mol. The summed E-state index contributed by atoms with van der Waals surface area (Å²) < 4.78 is 5.34. The van der Waals surface area contributed by atoms with Crippen molar-refractivity contribution in [1.29, 1.82) is 0 Å². The van der Waals surface area contributed by atoms with E-state index in [4.69, 9.17) is 4.74 Å². The molecule has 1 aromatic carbocycles. The SMILES string of the molecule is CN(Cc1ccccc1)C(=O)c1ccnc(NCCN2CCOCC2)n1. The van der Waals surface area contributed by atoms with Crippen molar-refractivity contribution in [2.75, 3.05) is 51.8 Å². The highest BCUT2D eigenvalue weighted by molar-refractivity contribution is 5.92. The maximum Gasteiger partial charge on any atom is 0.272 e. The Morgan fingerprint density at radius 1 is 1.23 bits per heavy atom. The number of morpholine rings is 1. The molecule has 3 rings (SSSR count). The predicted molar refractivity (Wildman–Crippen MR) is 100 cm³/mol. The maximum absolute atomic E-state index is 12.6. The van der Waals surface area contributed by atoms with Crippen LogP contribution in [0.25, 0.3) is 0 Å². The molecule has 1 aromatic heterocycles. The smallest absolute Gasteiger partial charge is 0.272 e. The summed E-state index contributed by atoms with van der Waals surface area (Å²) >= 11 is 0. The van der Waals surface area contributed by atoms with Crippen molar-refractivity contribution in [2.45, 2.75) is 6.54 Å². The molecule has 0 aliphatic carbocycles. The molecule has 7 nitrogen and oxygen atoms in total. The van der Waals surface area contributed by atoms with Gasteiger partial charge in [-0.25, -0.2) is 9.97 Å². The number of hydrogen-bond donors (Lipinski definition) is 1. The van der Waals surface area contributed by atoms with Gasteiger partial charge in [0.05, 0.1) is 13.2 Å². The summed E-state index contributed by atoms with van der Waals surface area (Å²) in [5.74, 6) is 0.365. The van der Waals surface area contributed by atoms with Gasteiger partial charge in [-0.2, -0.15) is 0 Å². The van der Waals surface area contributed by atoms with Crippen molar-refractivity contribution in [3.63, 3.8) is 0 Å². The second-order valence-electron chi connectivity index (χ2n) is 6.29. The quantitative estimate of drug-likeness (QED) is 0.812. The van der Waals surface area contributed by atoms with Crippen molar-refractivity contribution in [2.24, 2.45) is 0 Å². The molecule has 0 unspecified atom stereocenters. The Labute approximate surface area is 154 Å². The van der Waals surface area contributed by atoms with Gasteiger partial charge >= 0.3 is 0 Å². The zero-order valence-corrected chi connectivity index (χ0v) is 15.1. The van der Waals surface area contributed by atoms with Crippen LogP contribution in [0, 0.1) is 0 Å². The summed E-state index contributed by atoms with van der Waals surface area (Å²) in [5.41, 5.74) is 1.48. The molecule has 1 aliphatic heterocycles. The van der Waals surface area contributed by atoms with Gasteiger partial charge in [0.25, 0.3) is 5.91 Å². The topological polar surface area (TPSA) is 70.6 Å². The number of carbonyl (C=O) groups is 1. The van der Waals surface area contributed by atoms with Gasteiger partial charge in [-0.3, -0.25) is 9.69 Å². The Hall–Kier alpha value is -2.51. The van der Waals surface area contributed by atoms with Crippen LogP contribution in [0.15, 0.2) is 42.6 Å². The molecule has 1 aliphatic rings. The molecule has 1 N–H and O–H groups in total. The van der Waals surface area contributed by atoms with Gasteiger partial charge in [0.2, 0.25) is 5.95 Å². The van der Waals surface area contributed by atoms with E-state index in [1.807, 2.05) is 30.3 Å². The summed E-state index contributed by atoms with van der Waals surface area (Å²) in [6.07, 6.45) is 1.62. The lowest BCUT2D eigenvalue weighted by Gasteiger charge is -2.26. The third-order valence-corrected chi connectivity index (χ3v) is 4.30. The van der Waals surface area contributed by atoms with Crippen molar-refractivity contribution in [1.82, 2.24) is 19.8 Å². The fourth-order valence-electron chi connectivity index (χ4n) is 2.84. The second-order valence-corrected chi connectivity index (χ2v) is 6.29. The van der Waals surface area contributed by atoms with E-state index in [-0.39, 0.29) is 5.91 Å². The largest absolute Gasteiger partial charge is 0.379 e. The molecule has 0 radical (unpaired) electrons. The molecule has 1 amide bonds. The number of anilines is 1. The van der Waals surface area contributed by atoms with Gasteiger partial charge in [-0.05, 0) is 11.6 Å². The fraction of sp³-hybridized carbons (Fsp3) is 0.421. The summed E-state index contributed by atoms with van der Waals surface area (Å²) in [6.45, 7) is 5.65. The van der Waals surface area contributed by atoms with Crippen LogP contribution in [0.1, 0.15) is 16.1 Å². The number of nitrogens with zero attached hydrogens (tertiary/aromatic N) is 4. The third-order valence-electron chi connectivity index (χ3n) is 4.30. The van der Waals surface area contributed by atoms with E-state index >= 15 is 0 Å². The number of carbonyl (C=O) groups excluding carboxylic acids is 1. The van der Waals surface area contributed by atoms with E-state index in [9.17, 15) is 4.79 Å². The Morgan fingerprint density at radius 2 is 2.00 bits per heavy atom. The molecule has 1 fully saturated rings. The van der Waals surface area contributed by atoms with Gasteiger partial charge in [-0.15, -0.1) is 0 Å². The first kappa shape index (κ1) is 18.3. The molecular formula is C19H25N5O2. The summed E-state index contributed by atoms with van der Waals surface area (Å²) in [4.78, 5) is 25.2. The Morgan fingerprint density at radius 3 is 2.77 bits per heavy atom. The molecule has 138 valence electrons. The van der Waals surface area contributed by atoms with Crippen molar-refractivity contribution in [3.05, 3.63) is 53.9 Å². The molecule has 0 bridgehead atoms. The first-order valence-corrected chi connectivity index (χ1v) is 8.89. The molecule has 7 heteroatoms. The number of nitrogens with one attached hydrogen (secondary N) is 1. The lowest BCUT2D eigenvalue weighted by Crippen LogP contribution is -2.39. The number of benzene rings is 1. The van der Waals surface area contributed by atoms with Crippen LogP contribution >= 0.6 is 0 Å². The van der Waals surface area contributed by atoms with Crippen LogP contribution < -0.4 is 5.32 Å².